The van der Waals surface area contributed by atoms with Gasteiger partial charge in [0.1, 0.15) is 12.0 Å². The Morgan fingerprint density at radius 3 is 2.73 bits per heavy atom. The van der Waals surface area contributed by atoms with Crippen LogP contribution in [0.5, 0.6) is 0 Å². The fourth-order valence-corrected chi connectivity index (χ4v) is 3.89. The van der Waals surface area contributed by atoms with Gasteiger partial charge in [-0.2, -0.15) is 0 Å². The summed E-state index contributed by atoms with van der Waals surface area (Å²) in [6, 6.07) is 13.2. The molecule has 1 fully saturated rings. The van der Waals surface area contributed by atoms with Crippen molar-refractivity contribution < 1.29 is 18.7 Å². The quantitative estimate of drug-likeness (QED) is 0.726. The van der Waals surface area contributed by atoms with Gasteiger partial charge in [0.15, 0.2) is 0 Å². The second kappa shape index (κ2) is 8.50. The fraction of sp³-hybridized carbons (Fsp3) is 0.250. The van der Waals surface area contributed by atoms with Crippen LogP contribution in [0.2, 0.25) is 0 Å². The lowest BCUT2D eigenvalue weighted by molar-refractivity contribution is -0.117. The standard InChI is InChI=1S/C24H22FN5O3/c1-33-24(32)30-10-8-16-19(13-30)28-21(22(16)27-15-5-3-2-4-6-15)14-7-9-26-20(11-14)29-23(31)17-12-18(17)25/h2-7,9,11,13,17-18,27H,8,10,12H2,1H3,(H,26,29,31)/t17-,18+/m0/s1. The Labute approximate surface area is 189 Å². The van der Waals surface area contributed by atoms with Crippen LogP contribution in [-0.4, -0.2) is 47.4 Å². The number of hydrogen-bond donors (Lipinski definition) is 2. The number of halogens is 1. The van der Waals surface area contributed by atoms with E-state index in [0.29, 0.717) is 30.2 Å². The molecule has 3 aliphatic rings. The van der Waals surface area contributed by atoms with E-state index in [-0.39, 0.29) is 12.3 Å². The number of fused-ring (bicyclic) bond motifs is 1. The van der Waals surface area contributed by atoms with Gasteiger partial charge in [-0.25, -0.2) is 19.2 Å². The molecular weight excluding hydrogens is 425 g/mol. The summed E-state index contributed by atoms with van der Waals surface area (Å²) < 4.78 is 18.1. The first kappa shape index (κ1) is 20.9. The van der Waals surface area contributed by atoms with Crippen molar-refractivity contribution in [3.8, 4) is 0 Å². The Kier molecular flexibility index (Phi) is 5.37. The van der Waals surface area contributed by atoms with E-state index in [9.17, 15) is 14.0 Å². The Hall–Kier alpha value is -4.01. The zero-order chi connectivity index (χ0) is 22.9. The zero-order valence-electron chi connectivity index (χ0n) is 17.9. The van der Waals surface area contributed by atoms with Crippen molar-refractivity contribution in [2.45, 2.75) is 19.0 Å². The molecule has 2 amide bonds. The van der Waals surface area contributed by atoms with Gasteiger partial charge in [0.25, 0.3) is 0 Å². The molecule has 0 saturated heterocycles. The number of ether oxygens (including phenoxy) is 1. The number of alkyl halides is 1. The number of benzene rings is 1. The van der Waals surface area contributed by atoms with Crippen molar-refractivity contribution in [2.75, 3.05) is 24.3 Å². The topological polar surface area (TPSA) is 95.9 Å². The van der Waals surface area contributed by atoms with Gasteiger partial charge in [0.2, 0.25) is 5.91 Å². The molecule has 33 heavy (non-hydrogen) atoms. The lowest BCUT2D eigenvalue weighted by Crippen LogP contribution is -2.30. The second-order valence-corrected chi connectivity index (χ2v) is 8.01. The number of carbonyl (C=O) groups is 2. The summed E-state index contributed by atoms with van der Waals surface area (Å²) in [4.78, 5) is 34.7. The van der Waals surface area contributed by atoms with Gasteiger partial charge in [0, 0.05) is 35.8 Å². The van der Waals surface area contributed by atoms with E-state index in [1.807, 2.05) is 30.3 Å². The van der Waals surface area contributed by atoms with Crippen molar-refractivity contribution in [3.63, 3.8) is 0 Å². The minimum absolute atomic E-state index is 0.250. The molecule has 1 aromatic carbocycles. The number of methoxy groups -OCH3 is 1. The normalized spacial score (nSPS) is 21.1. The van der Waals surface area contributed by atoms with Crippen molar-refractivity contribution in [2.24, 2.45) is 10.9 Å². The Balaban J connectivity index is 1.49. The molecule has 1 aromatic heterocycles. The van der Waals surface area contributed by atoms with E-state index >= 15 is 0 Å². The van der Waals surface area contributed by atoms with Gasteiger partial charge in [-0.3, -0.25) is 9.69 Å². The molecule has 1 saturated carbocycles. The highest BCUT2D eigenvalue weighted by molar-refractivity contribution is 6.18. The van der Waals surface area contributed by atoms with Crippen LogP contribution >= 0.6 is 0 Å². The maximum atomic E-state index is 13.2. The number of aliphatic imine (C=N–C) groups is 1. The SMILES string of the molecule is COC(=O)N1C=C2N=C(c3ccnc(NC(=O)[C@H]4C[C@H]4F)c3)C(Nc3ccccc3)=C2CC1. The first-order valence-corrected chi connectivity index (χ1v) is 10.7. The molecule has 0 radical (unpaired) electrons. The third-order valence-corrected chi connectivity index (χ3v) is 5.75. The minimum Gasteiger partial charge on any atom is -0.452 e. The largest absolute Gasteiger partial charge is 0.452 e. The lowest BCUT2D eigenvalue weighted by Gasteiger charge is -2.23. The van der Waals surface area contributed by atoms with Crippen LogP contribution in [0.3, 0.4) is 0 Å². The van der Waals surface area contributed by atoms with Crippen LogP contribution in [0.4, 0.5) is 20.7 Å². The molecule has 0 bridgehead atoms. The average molecular weight is 447 g/mol. The zero-order valence-corrected chi connectivity index (χ0v) is 17.9. The van der Waals surface area contributed by atoms with Gasteiger partial charge in [-0.1, -0.05) is 18.2 Å². The van der Waals surface area contributed by atoms with Crippen molar-refractivity contribution >= 4 is 29.2 Å². The summed E-state index contributed by atoms with van der Waals surface area (Å²) in [5, 5.41) is 6.15. The predicted molar refractivity (Wildman–Crippen MR) is 121 cm³/mol. The van der Waals surface area contributed by atoms with Crippen LogP contribution in [-0.2, 0) is 9.53 Å². The van der Waals surface area contributed by atoms with Crippen molar-refractivity contribution in [1.29, 1.82) is 0 Å². The summed E-state index contributed by atoms with van der Waals surface area (Å²) in [7, 11) is 1.34. The van der Waals surface area contributed by atoms with Crippen LogP contribution < -0.4 is 10.6 Å². The molecule has 0 unspecified atom stereocenters. The van der Waals surface area contributed by atoms with E-state index in [4.69, 9.17) is 9.73 Å². The molecule has 5 rings (SSSR count). The fourth-order valence-electron chi connectivity index (χ4n) is 3.89. The molecule has 2 aliphatic heterocycles. The van der Waals surface area contributed by atoms with E-state index in [0.717, 1.165) is 22.5 Å². The molecule has 2 atom stereocenters. The number of hydrogen-bond acceptors (Lipinski definition) is 6. The number of nitrogens with zero attached hydrogens (tertiary/aromatic N) is 3. The molecule has 3 heterocycles. The van der Waals surface area contributed by atoms with Crippen molar-refractivity contribution in [1.82, 2.24) is 9.88 Å². The van der Waals surface area contributed by atoms with E-state index < -0.39 is 18.2 Å². The Morgan fingerprint density at radius 1 is 1.21 bits per heavy atom. The van der Waals surface area contributed by atoms with Crippen molar-refractivity contribution in [3.05, 3.63) is 77.4 Å². The summed E-state index contributed by atoms with van der Waals surface area (Å²) in [6.45, 7) is 0.470. The molecule has 1 aliphatic carbocycles. The molecule has 2 N–H and O–H groups in total. The molecule has 2 aromatic rings. The van der Waals surface area contributed by atoms with Gasteiger partial charge >= 0.3 is 6.09 Å². The monoisotopic (exact) mass is 447 g/mol. The summed E-state index contributed by atoms with van der Waals surface area (Å²) in [6.07, 6.45) is 2.59. The molecule has 9 heteroatoms. The Bertz CT molecular complexity index is 1210. The smallest absolute Gasteiger partial charge is 0.413 e. The first-order valence-electron chi connectivity index (χ1n) is 10.7. The number of pyridine rings is 1. The average Bonchev–Trinajstić information content (AvgIpc) is 3.48. The maximum Gasteiger partial charge on any atom is 0.413 e. The van der Waals surface area contributed by atoms with Crippen LogP contribution in [0.15, 0.2) is 76.8 Å². The van der Waals surface area contributed by atoms with Crippen LogP contribution in [0.1, 0.15) is 18.4 Å². The lowest BCUT2D eigenvalue weighted by atomic mass is 10.0. The van der Waals surface area contributed by atoms with Gasteiger partial charge in [-0.15, -0.1) is 0 Å². The van der Waals surface area contributed by atoms with E-state index in [1.54, 1.807) is 24.5 Å². The van der Waals surface area contributed by atoms with E-state index in [2.05, 4.69) is 15.6 Å². The van der Waals surface area contributed by atoms with Gasteiger partial charge < -0.3 is 15.4 Å². The van der Waals surface area contributed by atoms with Gasteiger partial charge in [0.05, 0.1) is 30.1 Å². The number of para-hydroxylation sites is 1. The van der Waals surface area contributed by atoms with Crippen LogP contribution in [0.25, 0.3) is 0 Å². The summed E-state index contributed by atoms with van der Waals surface area (Å²) in [5.74, 6) is -0.635. The predicted octanol–water partition coefficient (Wildman–Crippen LogP) is 3.86. The highest BCUT2D eigenvalue weighted by Gasteiger charge is 2.43. The number of anilines is 2. The molecule has 8 nitrogen and oxygen atoms in total. The number of nitrogens with one attached hydrogen (secondary N) is 2. The third kappa shape index (κ3) is 4.21. The minimum atomic E-state index is -1.08. The number of carbonyl (C=O) groups excluding carboxylic acids is 2. The molecule has 0 spiro atoms. The maximum absolute atomic E-state index is 13.2. The number of aromatic nitrogens is 1. The van der Waals surface area contributed by atoms with Crippen LogP contribution in [0, 0.1) is 5.92 Å². The Morgan fingerprint density at radius 2 is 2.00 bits per heavy atom. The highest BCUT2D eigenvalue weighted by atomic mass is 19.1. The first-order chi connectivity index (χ1) is 16.0. The highest BCUT2D eigenvalue weighted by Crippen LogP contribution is 2.36. The molecule has 168 valence electrons. The number of allylic oxidation sites excluding steroid dienone is 2. The molecular formula is C24H22FN5O3. The van der Waals surface area contributed by atoms with E-state index in [1.165, 1.54) is 12.0 Å². The summed E-state index contributed by atoms with van der Waals surface area (Å²) in [5.41, 5.74) is 4.77. The number of rotatable bonds is 5. The van der Waals surface area contributed by atoms with Gasteiger partial charge in [-0.05, 0) is 37.1 Å². The third-order valence-electron chi connectivity index (χ3n) is 5.75. The second-order valence-electron chi connectivity index (χ2n) is 8.01. The number of amides is 2. The summed E-state index contributed by atoms with van der Waals surface area (Å²) >= 11 is 0.